The van der Waals surface area contributed by atoms with Gasteiger partial charge < -0.3 is 0 Å². The van der Waals surface area contributed by atoms with Crippen LogP contribution in [-0.4, -0.2) is 36.4 Å². The average Bonchev–Trinajstić information content (AvgIpc) is 2.57. The van der Waals surface area contributed by atoms with E-state index in [0.29, 0.717) is 4.58 Å². The van der Waals surface area contributed by atoms with Crippen molar-refractivity contribution < 1.29 is 0 Å². The maximum atomic E-state index is 2.76. The van der Waals surface area contributed by atoms with Crippen molar-refractivity contribution in [1.82, 2.24) is 8.61 Å². The van der Waals surface area contributed by atoms with E-state index in [2.05, 4.69) is 81.0 Å². The Labute approximate surface area is 172 Å². The van der Waals surface area contributed by atoms with Gasteiger partial charge in [0.1, 0.15) is 0 Å². The lowest BCUT2D eigenvalue weighted by Gasteiger charge is -2.46. The molecule has 0 radical (unpaired) electrons. The Hall–Kier alpha value is 0.620. The minimum atomic E-state index is 0.235. The first kappa shape index (κ1) is 22.9. The van der Waals surface area contributed by atoms with Gasteiger partial charge >= 0.3 is 0 Å². The molecule has 2 fully saturated rings. The van der Waals surface area contributed by atoms with E-state index in [1.54, 1.807) is 0 Å². The zero-order chi connectivity index (χ0) is 19.4. The van der Waals surface area contributed by atoms with Gasteiger partial charge in [0.25, 0.3) is 0 Å². The van der Waals surface area contributed by atoms with Gasteiger partial charge in [-0.15, -0.1) is 0 Å². The molecule has 2 nitrogen and oxygen atoms in total. The first-order chi connectivity index (χ1) is 12.1. The molecular weight excluding hydrogens is 356 g/mol. The fraction of sp³-hybridized carbons (Fsp3) is 1.00. The van der Waals surface area contributed by atoms with Gasteiger partial charge in [-0.1, -0.05) is 62.4 Å². The third-order valence-corrected chi connectivity index (χ3v) is 8.92. The van der Waals surface area contributed by atoms with E-state index in [9.17, 15) is 0 Å². The first-order valence-electron chi connectivity index (χ1n) is 11.0. The number of nitrogens with zero attached hydrogens (tertiary/aromatic N) is 2. The highest BCUT2D eigenvalue weighted by molar-refractivity contribution is 8.14. The molecule has 0 aromatic rings. The van der Waals surface area contributed by atoms with Gasteiger partial charge in [-0.05, 0) is 74.1 Å². The van der Waals surface area contributed by atoms with Crippen molar-refractivity contribution in [2.45, 2.75) is 140 Å². The SMILES string of the molecule is CC(SN(C1CCCCC1)C(C)(C)C)SN(C1CCCCC1)C(C)(C)C. The molecule has 2 rings (SSSR count). The average molecular weight is 401 g/mol. The van der Waals surface area contributed by atoms with Crippen LogP contribution in [0.1, 0.15) is 113 Å². The molecule has 0 N–H and O–H groups in total. The Balaban J connectivity index is 2.02. The summed E-state index contributed by atoms with van der Waals surface area (Å²) in [6.07, 6.45) is 14.0. The second-order valence-electron chi connectivity index (χ2n) is 10.4. The van der Waals surface area contributed by atoms with E-state index in [1.165, 1.54) is 64.2 Å². The molecule has 0 atom stereocenters. The van der Waals surface area contributed by atoms with Gasteiger partial charge in [0, 0.05) is 23.2 Å². The Morgan fingerprint density at radius 3 is 1.19 bits per heavy atom. The largest absolute Gasteiger partial charge is 0.241 e. The van der Waals surface area contributed by atoms with E-state index in [4.69, 9.17) is 0 Å². The van der Waals surface area contributed by atoms with Crippen LogP contribution in [0.15, 0.2) is 0 Å². The van der Waals surface area contributed by atoms with Crippen molar-refractivity contribution in [3.05, 3.63) is 0 Å². The summed E-state index contributed by atoms with van der Waals surface area (Å²) in [5.41, 5.74) is 0.470. The summed E-state index contributed by atoms with van der Waals surface area (Å²) in [5.74, 6) is 0. The molecule has 0 spiro atoms. The molecule has 2 saturated carbocycles. The zero-order valence-corrected chi connectivity index (χ0v) is 20.1. The summed E-state index contributed by atoms with van der Waals surface area (Å²) in [7, 11) is 0. The van der Waals surface area contributed by atoms with Crippen molar-refractivity contribution in [3.63, 3.8) is 0 Å². The van der Waals surface area contributed by atoms with E-state index in [0.717, 1.165) is 12.1 Å². The van der Waals surface area contributed by atoms with Gasteiger partial charge in [0.2, 0.25) is 0 Å². The van der Waals surface area contributed by atoms with Gasteiger partial charge in [-0.25, -0.2) is 8.61 Å². The molecule has 154 valence electrons. The molecule has 0 unspecified atom stereocenters. The van der Waals surface area contributed by atoms with Crippen molar-refractivity contribution >= 4 is 23.9 Å². The lowest BCUT2D eigenvalue weighted by molar-refractivity contribution is 0.169. The highest BCUT2D eigenvalue weighted by atomic mass is 32.2. The number of rotatable bonds is 6. The Bertz CT molecular complexity index is 363. The molecule has 0 heterocycles. The molecule has 0 saturated heterocycles. The van der Waals surface area contributed by atoms with Crippen LogP contribution in [0, 0.1) is 0 Å². The van der Waals surface area contributed by atoms with E-state index >= 15 is 0 Å². The Kier molecular flexibility index (Phi) is 8.72. The second kappa shape index (κ2) is 9.89. The van der Waals surface area contributed by atoms with E-state index in [1.807, 2.05) is 0 Å². The minimum absolute atomic E-state index is 0.235. The van der Waals surface area contributed by atoms with Gasteiger partial charge in [-0.3, -0.25) is 0 Å². The molecule has 0 aromatic heterocycles. The molecule has 0 bridgehead atoms. The summed E-state index contributed by atoms with van der Waals surface area (Å²) < 4.78 is 6.08. The van der Waals surface area contributed by atoms with Crippen LogP contribution in [0.5, 0.6) is 0 Å². The number of hydrogen-bond donors (Lipinski definition) is 0. The fourth-order valence-corrected chi connectivity index (χ4v) is 7.30. The smallest absolute Gasteiger partial charge is 0.0768 e. The van der Waals surface area contributed by atoms with Crippen LogP contribution in [0.4, 0.5) is 0 Å². The summed E-state index contributed by atoms with van der Waals surface area (Å²) in [5, 5.41) is 0. The maximum absolute atomic E-state index is 2.76. The maximum Gasteiger partial charge on any atom is 0.0768 e. The normalized spacial score (nSPS) is 21.9. The third kappa shape index (κ3) is 6.90. The Morgan fingerprint density at radius 2 is 0.923 bits per heavy atom. The molecule has 0 amide bonds. The lowest BCUT2D eigenvalue weighted by atomic mass is 9.93. The standard InChI is InChI=1S/C22H44N2S2/c1-18(25-23(21(2,3)4)19-14-10-8-11-15-19)26-24(22(5,6)7)20-16-12-9-13-17-20/h18-20H,8-17H2,1-7H3. The van der Waals surface area contributed by atoms with Crippen molar-refractivity contribution in [2.75, 3.05) is 0 Å². The van der Waals surface area contributed by atoms with E-state index < -0.39 is 0 Å². The summed E-state index contributed by atoms with van der Waals surface area (Å²) in [4.78, 5) is 0. The molecule has 26 heavy (non-hydrogen) atoms. The van der Waals surface area contributed by atoms with Crippen LogP contribution in [0.25, 0.3) is 0 Å². The van der Waals surface area contributed by atoms with Crippen molar-refractivity contribution in [2.24, 2.45) is 0 Å². The predicted molar refractivity (Wildman–Crippen MR) is 122 cm³/mol. The lowest BCUT2D eigenvalue weighted by Crippen LogP contribution is -2.47. The summed E-state index contributed by atoms with van der Waals surface area (Å²) >= 11 is 4.24. The second-order valence-corrected chi connectivity index (χ2v) is 13.3. The van der Waals surface area contributed by atoms with Crippen LogP contribution in [0.3, 0.4) is 0 Å². The van der Waals surface area contributed by atoms with Crippen LogP contribution >= 0.6 is 23.9 Å². The molecule has 0 aliphatic heterocycles. The highest BCUT2D eigenvalue weighted by Crippen LogP contribution is 2.43. The molecule has 4 heteroatoms. The third-order valence-electron chi connectivity index (χ3n) is 5.66. The monoisotopic (exact) mass is 400 g/mol. The van der Waals surface area contributed by atoms with Crippen LogP contribution in [0.2, 0.25) is 0 Å². The molecular formula is C22H44N2S2. The molecule has 0 aromatic carbocycles. The Morgan fingerprint density at radius 1 is 0.615 bits per heavy atom. The van der Waals surface area contributed by atoms with Crippen LogP contribution in [-0.2, 0) is 0 Å². The minimum Gasteiger partial charge on any atom is -0.241 e. The van der Waals surface area contributed by atoms with Gasteiger partial charge in [0.15, 0.2) is 0 Å². The topological polar surface area (TPSA) is 6.48 Å². The predicted octanol–water partition coefficient (Wildman–Crippen LogP) is 7.50. The highest BCUT2D eigenvalue weighted by Gasteiger charge is 2.35. The van der Waals surface area contributed by atoms with E-state index in [-0.39, 0.29) is 11.1 Å². The number of hydrogen-bond acceptors (Lipinski definition) is 4. The first-order valence-corrected chi connectivity index (χ1v) is 12.7. The quantitative estimate of drug-likeness (QED) is 0.336. The summed E-state index contributed by atoms with van der Waals surface area (Å²) in [6.45, 7) is 16.8. The van der Waals surface area contributed by atoms with Crippen molar-refractivity contribution in [3.8, 4) is 0 Å². The van der Waals surface area contributed by atoms with Gasteiger partial charge in [0.05, 0.1) is 4.58 Å². The fourth-order valence-electron chi connectivity index (χ4n) is 4.55. The molecule has 2 aliphatic rings. The van der Waals surface area contributed by atoms with Crippen molar-refractivity contribution in [1.29, 1.82) is 0 Å². The van der Waals surface area contributed by atoms with Crippen LogP contribution < -0.4 is 0 Å². The summed E-state index contributed by atoms with van der Waals surface area (Å²) in [6, 6.07) is 1.52. The zero-order valence-electron chi connectivity index (χ0n) is 18.5. The van der Waals surface area contributed by atoms with Gasteiger partial charge in [-0.2, -0.15) is 0 Å². The molecule has 2 aliphatic carbocycles.